The van der Waals surface area contributed by atoms with Gasteiger partial charge in [-0.05, 0) is 18.2 Å². The number of pyridine rings is 1. The highest BCUT2D eigenvalue weighted by molar-refractivity contribution is 6.31. The number of anilines is 1. The van der Waals surface area contributed by atoms with E-state index in [4.69, 9.17) is 11.6 Å². The Labute approximate surface area is 138 Å². The second-order valence-corrected chi connectivity index (χ2v) is 5.46. The Bertz CT molecular complexity index is 723. The molecule has 3 amide bonds. The summed E-state index contributed by atoms with van der Waals surface area (Å²) in [6.07, 6.45) is 1.59. The van der Waals surface area contributed by atoms with Gasteiger partial charge in [-0.15, -0.1) is 0 Å². The predicted octanol–water partition coefficient (Wildman–Crippen LogP) is 2.44. The number of aromatic nitrogens is 1. The third-order valence-electron chi connectivity index (χ3n) is 3.57. The van der Waals surface area contributed by atoms with Crippen molar-refractivity contribution in [3.63, 3.8) is 0 Å². The highest BCUT2D eigenvalue weighted by Gasteiger charge is 2.35. The molecule has 0 saturated carbocycles. The van der Waals surface area contributed by atoms with Gasteiger partial charge >= 0.3 is 6.03 Å². The summed E-state index contributed by atoms with van der Waals surface area (Å²) in [5, 5.41) is 5.93. The minimum atomic E-state index is -0.763. The number of benzene rings is 1. The maximum absolute atomic E-state index is 12.6. The van der Waals surface area contributed by atoms with Gasteiger partial charge in [0.1, 0.15) is 11.9 Å². The minimum Gasteiger partial charge on any atom is -0.352 e. The topological polar surface area (TPSA) is 74.3 Å². The Morgan fingerprint density at radius 3 is 2.78 bits per heavy atom. The number of carbonyl (C=O) groups excluding carboxylic acids is 2. The summed E-state index contributed by atoms with van der Waals surface area (Å²) in [7, 11) is 0. The van der Waals surface area contributed by atoms with Crippen molar-refractivity contribution in [2.45, 2.75) is 6.04 Å². The smallest absolute Gasteiger partial charge is 0.324 e. The van der Waals surface area contributed by atoms with Gasteiger partial charge < -0.3 is 10.2 Å². The number of piperazine rings is 1. The van der Waals surface area contributed by atoms with Crippen molar-refractivity contribution in [3.05, 3.63) is 59.2 Å². The van der Waals surface area contributed by atoms with Gasteiger partial charge in [0, 0.05) is 29.9 Å². The Morgan fingerprint density at radius 1 is 1.26 bits per heavy atom. The van der Waals surface area contributed by atoms with Crippen LogP contribution in [0.2, 0.25) is 5.02 Å². The zero-order chi connectivity index (χ0) is 16.2. The summed E-state index contributed by atoms with van der Waals surface area (Å²) in [6, 6.07) is 11.1. The van der Waals surface area contributed by atoms with Crippen molar-refractivity contribution < 1.29 is 9.59 Å². The lowest BCUT2D eigenvalue weighted by Crippen LogP contribution is -2.53. The first kappa shape index (κ1) is 15.3. The number of rotatable bonds is 2. The zero-order valence-corrected chi connectivity index (χ0v) is 13.0. The van der Waals surface area contributed by atoms with E-state index >= 15 is 0 Å². The van der Waals surface area contributed by atoms with Crippen LogP contribution >= 0.6 is 11.6 Å². The Balaban J connectivity index is 1.88. The monoisotopic (exact) mass is 330 g/mol. The van der Waals surface area contributed by atoms with Crippen LogP contribution < -0.4 is 10.6 Å². The largest absolute Gasteiger partial charge is 0.352 e. The van der Waals surface area contributed by atoms with E-state index in [1.807, 2.05) is 0 Å². The molecule has 1 fully saturated rings. The fourth-order valence-electron chi connectivity index (χ4n) is 2.51. The van der Waals surface area contributed by atoms with Gasteiger partial charge in [0.15, 0.2) is 0 Å². The van der Waals surface area contributed by atoms with E-state index in [1.165, 1.54) is 4.90 Å². The minimum absolute atomic E-state index is 0.250. The first-order chi connectivity index (χ1) is 11.2. The highest BCUT2D eigenvalue weighted by atomic mass is 35.5. The Kier molecular flexibility index (Phi) is 4.43. The van der Waals surface area contributed by atoms with Crippen molar-refractivity contribution in [2.24, 2.45) is 0 Å². The van der Waals surface area contributed by atoms with Crippen LogP contribution in [0, 0.1) is 0 Å². The molecule has 2 aromatic rings. The maximum Gasteiger partial charge on any atom is 0.324 e. The number of hydrogen-bond donors (Lipinski definition) is 2. The standard InChI is InChI=1S/C16H15ClN4O2/c17-12-6-2-1-5-11(12)14-15(22)19-9-10-21(14)16(23)20-13-7-3-4-8-18-13/h1-8,14H,9-10H2,(H,19,22)(H,18,20,23). The second kappa shape index (κ2) is 6.66. The van der Waals surface area contributed by atoms with Crippen LogP contribution in [0.25, 0.3) is 0 Å². The normalized spacial score (nSPS) is 17.5. The third-order valence-corrected chi connectivity index (χ3v) is 3.92. The number of nitrogens with one attached hydrogen (secondary N) is 2. The van der Waals surface area contributed by atoms with Crippen LogP contribution in [0.15, 0.2) is 48.7 Å². The molecule has 1 atom stereocenters. The Morgan fingerprint density at radius 2 is 2.04 bits per heavy atom. The fraction of sp³-hybridized carbons (Fsp3) is 0.188. The average Bonchev–Trinajstić information content (AvgIpc) is 2.56. The molecular formula is C16H15ClN4O2. The molecule has 23 heavy (non-hydrogen) atoms. The van der Waals surface area contributed by atoms with Gasteiger partial charge in [0.2, 0.25) is 5.91 Å². The van der Waals surface area contributed by atoms with Crippen LogP contribution in [0.1, 0.15) is 11.6 Å². The summed E-state index contributed by atoms with van der Waals surface area (Å²) < 4.78 is 0. The van der Waals surface area contributed by atoms with Gasteiger partial charge in [0.05, 0.1) is 0 Å². The van der Waals surface area contributed by atoms with E-state index in [0.29, 0.717) is 29.5 Å². The predicted molar refractivity (Wildman–Crippen MR) is 87.2 cm³/mol. The molecule has 1 aliphatic heterocycles. The lowest BCUT2D eigenvalue weighted by Gasteiger charge is -2.35. The quantitative estimate of drug-likeness (QED) is 0.888. The van der Waals surface area contributed by atoms with E-state index < -0.39 is 6.04 Å². The summed E-state index contributed by atoms with van der Waals surface area (Å²) in [6.45, 7) is 0.787. The van der Waals surface area contributed by atoms with Crippen LogP contribution in [-0.4, -0.2) is 34.9 Å². The van der Waals surface area contributed by atoms with E-state index in [9.17, 15) is 9.59 Å². The molecular weight excluding hydrogens is 316 g/mol. The maximum atomic E-state index is 12.6. The Hall–Kier alpha value is -2.60. The molecule has 0 spiro atoms. The van der Waals surface area contributed by atoms with E-state index in [0.717, 1.165) is 0 Å². The molecule has 1 unspecified atom stereocenters. The lowest BCUT2D eigenvalue weighted by atomic mass is 10.0. The molecule has 0 radical (unpaired) electrons. The van der Waals surface area contributed by atoms with Crippen LogP contribution in [0.5, 0.6) is 0 Å². The number of urea groups is 1. The number of nitrogens with zero attached hydrogens (tertiary/aromatic N) is 2. The van der Waals surface area contributed by atoms with Gasteiger partial charge in [-0.1, -0.05) is 35.9 Å². The van der Waals surface area contributed by atoms with Crippen LogP contribution in [0.3, 0.4) is 0 Å². The lowest BCUT2D eigenvalue weighted by molar-refractivity contribution is -0.127. The van der Waals surface area contributed by atoms with Crippen LogP contribution in [0.4, 0.5) is 10.6 Å². The van der Waals surface area contributed by atoms with Gasteiger partial charge in [0.25, 0.3) is 0 Å². The molecule has 1 aliphatic rings. The summed E-state index contributed by atoms with van der Waals surface area (Å²) >= 11 is 6.20. The molecule has 0 aliphatic carbocycles. The van der Waals surface area contributed by atoms with Crippen molar-refractivity contribution in [1.29, 1.82) is 0 Å². The number of halogens is 1. The van der Waals surface area contributed by atoms with Crippen molar-refractivity contribution in [1.82, 2.24) is 15.2 Å². The molecule has 1 aromatic carbocycles. The fourth-order valence-corrected chi connectivity index (χ4v) is 2.75. The molecule has 7 heteroatoms. The van der Waals surface area contributed by atoms with E-state index in [-0.39, 0.29) is 11.9 Å². The van der Waals surface area contributed by atoms with Gasteiger partial charge in [-0.3, -0.25) is 10.1 Å². The first-order valence-electron chi connectivity index (χ1n) is 7.17. The molecule has 6 nitrogen and oxygen atoms in total. The summed E-state index contributed by atoms with van der Waals surface area (Å²) in [5.41, 5.74) is 0.600. The zero-order valence-electron chi connectivity index (χ0n) is 12.2. The van der Waals surface area contributed by atoms with Gasteiger partial charge in [-0.2, -0.15) is 0 Å². The van der Waals surface area contributed by atoms with Crippen molar-refractivity contribution >= 4 is 29.4 Å². The average molecular weight is 331 g/mol. The molecule has 1 saturated heterocycles. The molecule has 2 N–H and O–H groups in total. The van der Waals surface area contributed by atoms with Gasteiger partial charge in [-0.25, -0.2) is 9.78 Å². The SMILES string of the molecule is O=C1NCCN(C(=O)Nc2ccccn2)C1c1ccccc1Cl. The molecule has 3 rings (SSSR count). The third kappa shape index (κ3) is 3.27. The first-order valence-corrected chi connectivity index (χ1v) is 7.55. The van der Waals surface area contributed by atoms with Crippen LogP contribution in [-0.2, 0) is 4.79 Å². The van der Waals surface area contributed by atoms with Crippen molar-refractivity contribution in [3.8, 4) is 0 Å². The van der Waals surface area contributed by atoms with E-state index in [1.54, 1.807) is 48.7 Å². The summed E-state index contributed by atoms with van der Waals surface area (Å²) in [4.78, 5) is 30.4. The molecule has 2 heterocycles. The number of carbonyl (C=O) groups is 2. The second-order valence-electron chi connectivity index (χ2n) is 5.05. The van der Waals surface area contributed by atoms with Crippen molar-refractivity contribution in [2.75, 3.05) is 18.4 Å². The number of amides is 3. The summed E-state index contributed by atoms with van der Waals surface area (Å²) in [5.74, 6) is 0.182. The molecule has 118 valence electrons. The molecule has 0 bridgehead atoms. The van der Waals surface area contributed by atoms with E-state index in [2.05, 4.69) is 15.6 Å². The molecule has 1 aromatic heterocycles. The number of hydrogen-bond acceptors (Lipinski definition) is 3. The highest BCUT2D eigenvalue weighted by Crippen LogP contribution is 2.29.